The molecule has 2 heterocycles. The standard InChI is InChI=1S/C21H14Cl2N4O3/c22-13-9-14(23)21(25-10-13)30-18-8-4-2-6-16(18)26-19(28)12-27-17-7-3-1-5-15(17)24-11-20(27)29/h1-11H,12H2,(H,26,28). The number of hydrogen-bond acceptors (Lipinski definition) is 5. The van der Waals surface area contributed by atoms with Crippen LogP contribution in [0.15, 0.2) is 71.8 Å². The van der Waals surface area contributed by atoms with Gasteiger partial charge in [-0.05, 0) is 30.3 Å². The van der Waals surface area contributed by atoms with Crippen LogP contribution >= 0.6 is 23.2 Å². The summed E-state index contributed by atoms with van der Waals surface area (Å²) in [6.07, 6.45) is 2.60. The molecule has 0 saturated carbocycles. The molecular formula is C21H14Cl2N4O3. The summed E-state index contributed by atoms with van der Waals surface area (Å²) in [5.41, 5.74) is 1.23. The minimum atomic E-state index is -0.403. The number of pyridine rings is 1. The van der Waals surface area contributed by atoms with E-state index in [0.717, 1.165) is 0 Å². The van der Waals surface area contributed by atoms with Gasteiger partial charge in [0.25, 0.3) is 5.56 Å². The van der Waals surface area contributed by atoms with Crippen molar-refractivity contribution in [2.45, 2.75) is 6.54 Å². The molecule has 2 aromatic heterocycles. The van der Waals surface area contributed by atoms with Crippen LogP contribution in [0.1, 0.15) is 0 Å². The highest BCUT2D eigenvalue weighted by Gasteiger charge is 2.13. The maximum Gasteiger partial charge on any atom is 0.269 e. The predicted octanol–water partition coefficient (Wildman–Crippen LogP) is 4.53. The molecule has 4 aromatic rings. The molecule has 1 amide bonds. The number of nitrogens with zero attached hydrogens (tertiary/aromatic N) is 3. The summed E-state index contributed by atoms with van der Waals surface area (Å²) in [4.78, 5) is 33.1. The van der Waals surface area contributed by atoms with Crippen LogP contribution in [0, 0.1) is 0 Å². The highest BCUT2D eigenvalue weighted by Crippen LogP contribution is 2.33. The molecule has 0 spiro atoms. The molecule has 4 rings (SSSR count). The van der Waals surface area contributed by atoms with Crippen LogP contribution in [-0.2, 0) is 11.3 Å². The number of anilines is 1. The number of carbonyl (C=O) groups excluding carboxylic acids is 1. The number of halogens is 2. The Hall–Kier alpha value is -3.42. The predicted molar refractivity (Wildman–Crippen MR) is 115 cm³/mol. The van der Waals surface area contributed by atoms with E-state index in [4.69, 9.17) is 27.9 Å². The third-order valence-electron chi connectivity index (χ3n) is 4.20. The number of hydrogen-bond donors (Lipinski definition) is 1. The van der Waals surface area contributed by atoms with E-state index in [-0.39, 0.29) is 23.0 Å². The topological polar surface area (TPSA) is 86.1 Å². The zero-order valence-corrected chi connectivity index (χ0v) is 16.9. The second-order valence-corrected chi connectivity index (χ2v) is 7.10. The molecule has 2 aromatic carbocycles. The summed E-state index contributed by atoms with van der Waals surface area (Å²) in [6, 6.07) is 15.4. The SMILES string of the molecule is O=C(Cn1c(=O)cnc2ccccc21)Nc1ccccc1Oc1ncc(Cl)cc1Cl. The molecule has 0 aliphatic carbocycles. The van der Waals surface area contributed by atoms with E-state index < -0.39 is 5.91 Å². The summed E-state index contributed by atoms with van der Waals surface area (Å²) in [5.74, 6) is 0.0910. The minimum absolute atomic E-state index is 0.152. The average Bonchev–Trinajstić information content (AvgIpc) is 2.73. The monoisotopic (exact) mass is 440 g/mol. The molecule has 7 nitrogen and oxygen atoms in total. The summed E-state index contributed by atoms with van der Waals surface area (Å²) in [5, 5.41) is 3.37. The van der Waals surface area contributed by atoms with Crippen molar-refractivity contribution in [2.24, 2.45) is 0 Å². The lowest BCUT2D eigenvalue weighted by Gasteiger charge is -2.13. The molecule has 0 aliphatic rings. The molecular weight excluding hydrogens is 427 g/mol. The zero-order chi connectivity index (χ0) is 21.1. The normalized spacial score (nSPS) is 10.7. The molecule has 9 heteroatoms. The second-order valence-electron chi connectivity index (χ2n) is 6.26. The van der Waals surface area contributed by atoms with E-state index in [0.29, 0.717) is 27.5 Å². The van der Waals surface area contributed by atoms with Gasteiger partial charge in [0.15, 0.2) is 5.75 Å². The van der Waals surface area contributed by atoms with E-state index in [1.165, 1.54) is 23.0 Å². The molecule has 150 valence electrons. The molecule has 0 atom stereocenters. The number of rotatable bonds is 5. The van der Waals surface area contributed by atoms with Crippen LogP contribution in [0.4, 0.5) is 5.69 Å². The van der Waals surface area contributed by atoms with E-state index in [2.05, 4.69) is 15.3 Å². The van der Waals surface area contributed by atoms with Crippen molar-refractivity contribution < 1.29 is 9.53 Å². The fourth-order valence-electron chi connectivity index (χ4n) is 2.85. The van der Waals surface area contributed by atoms with E-state index >= 15 is 0 Å². The Balaban J connectivity index is 1.58. The van der Waals surface area contributed by atoms with Crippen molar-refractivity contribution in [3.63, 3.8) is 0 Å². The molecule has 0 bridgehead atoms. The van der Waals surface area contributed by atoms with Gasteiger partial charge in [-0.3, -0.25) is 14.2 Å². The van der Waals surface area contributed by atoms with Crippen molar-refractivity contribution in [1.82, 2.24) is 14.5 Å². The van der Waals surface area contributed by atoms with Crippen LogP contribution in [0.2, 0.25) is 10.0 Å². The number of aromatic nitrogens is 3. The van der Waals surface area contributed by atoms with Crippen molar-refractivity contribution in [2.75, 3.05) is 5.32 Å². The van der Waals surface area contributed by atoms with Gasteiger partial charge in [-0.2, -0.15) is 0 Å². The Morgan fingerprint density at radius 3 is 2.63 bits per heavy atom. The van der Waals surface area contributed by atoms with Gasteiger partial charge in [-0.15, -0.1) is 0 Å². The van der Waals surface area contributed by atoms with Crippen LogP contribution in [0.3, 0.4) is 0 Å². The minimum Gasteiger partial charge on any atom is -0.435 e. The highest BCUT2D eigenvalue weighted by atomic mass is 35.5. The Bertz CT molecular complexity index is 1310. The summed E-state index contributed by atoms with van der Waals surface area (Å²) in [6.45, 7) is -0.184. The summed E-state index contributed by atoms with van der Waals surface area (Å²) in [7, 11) is 0. The Kier molecular flexibility index (Phi) is 5.65. The molecule has 0 unspecified atom stereocenters. The molecule has 0 fully saturated rings. The van der Waals surface area contributed by atoms with Gasteiger partial charge in [0.2, 0.25) is 11.8 Å². The van der Waals surface area contributed by atoms with Gasteiger partial charge in [0.1, 0.15) is 11.6 Å². The average molecular weight is 441 g/mol. The number of fused-ring (bicyclic) bond motifs is 1. The number of nitrogens with one attached hydrogen (secondary N) is 1. The van der Waals surface area contributed by atoms with E-state index in [9.17, 15) is 9.59 Å². The second kappa shape index (κ2) is 8.52. The van der Waals surface area contributed by atoms with Gasteiger partial charge < -0.3 is 10.1 Å². The van der Waals surface area contributed by atoms with Crippen molar-refractivity contribution in [1.29, 1.82) is 0 Å². The Morgan fingerprint density at radius 1 is 1.03 bits per heavy atom. The maximum atomic E-state index is 12.7. The quantitative estimate of drug-likeness (QED) is 0.492. The fraction of sp³-hybridized carbons (Fsp3) is 0.0476. The third kappa shape index (κ3) is 4.27. The van der Waals surface area contributed by atoms with Crippen LogP contribution in [0.25, 0.3) is 11.0 Å². The van der Waals surface area contributed by atoms with Gasteiger partial charge in [0, 0.05) is 6.20 Å². The number of benzene rings is 2. The van der Waals surface area contributed by atoms with Gasteiger partial charge in [-0.25, -0.2) is 9.97 Å². The van der Waals surface area contributed by atoms with Crippen LogP contribution in [0.5, 0.6) is 11.6 Å². The van der Waals surface area contributed by atoms with Crippen molar-refractivity contribution in [3.8, 4) is 11.6 Å². The first-order valence-corrected chi connectivity index (χ1v) is 9.59. The summed E-state index contributed by atoms with van der Waals surface area (Å²) < 4.78 is 7.11. The number of ether oxygens (including phenoxy) is 1. The van der Waals surface area contributed by atoms with Crippen molar-refractivity contribution >= 4 is 45.8 Å². The van der Waals surface area contributed by atoms with E-state index in [1.54, 1.807) is 42.5 Å². The maximum absolute atomic E-state index is 12.7. The Labute approximate surface area is 180 Å². The summed E-state index contributed by atoms with van der Waals surface area (Å²) >= 11 is 12.0. The smallest absolute Gasteiger partial charge is 0.269 e. The zero-order valence-electron chi connectivity index (χ0n) is 15.4. The number of para-hydroxylation sites is 4. The Morgan fingerprint density at radius 2 is 1.80 bits per heavy atom. The molecule has 30 heavy (non-hydrogen) atoms. The first-order valence-electron chi connectivity index (χ1n) is 8.83. The lowest BCUT2D eigenvalue weighted by Crippen LogP contribution is -2.28. The van der Waals surface area contributed by atoms with Gasteiger partial charge in [-0.1, -0.05) is 47.5 Å². The lowest BCUT2D eigenvalue weighted by atomic mass is 10.2. The van der Waals surface area contributed by atoms with Crippen LogP contribution in [-0.4, -0.2) is 20.4 Å². The highest BCUT2D eigenvalue weighted by molar-refractivity contribution is 6.35. The van der Waals surface area contributed by atoms with E-state index in [1.807, 2.05) is 6.07 Å². The molecule has 0 radical (unpaired) electrons. The third-order valence-corrected chi connectivity index (χ3v) is 4.67. The van der Waals surface area contributed by atoms with Crippen molar-refractivity contribution in [3.05, 3.63) is 87.4 Å². The molecule has 0 saturated heterocycles. The lowest BCUT2D eigenvalue weighted by molar-refractivity contribution is -0.116. The first-order chi connectivity index (χ1) is 14.5. The number of carbonyl (C=O) groups is 1. The van der Waals surface area contributed by atoms with Gasteiger partial charge >= 0.3 is 0 Å². The first kappa shape index (κ1) is 19.9. The largest absolute Gasteiger partial charge is 0.435 e. The number of amides is 1. The fourth-order valence-corrected chi connectivity index (χ4v) is 3.27. The van der Waals surface area contributed by atoms with Crippen LogP contribution < -0.4 is 15.6 Å². The van der Waals surface area contributed by atoms with Gasteiger partial charge in [0.05, 0.1) is 27.9 Å². The molecule has 1 N–H and O–H groups in total. The molecule has 0 aliphatic heterocycles.